The van der Waals surface area contributed by atoms with Gasteiger partial charge in [-0.1, -0.05) is 5.21 Å². The Morgan fingerprint density at radius 2 is 2.47 bits per heavy atom. The molecule has 0 bridgehead atoms. The molecule has 1 aromatic heterocycles. The van der Waals surface area contributed by atoms with Gasteiger partial charge in [0.05, 0.1) is 13.3 Å². The first-order valence-corrected chi connectivity index (χ1v) is 4.16. The van der Waals surface area contributed by atoms with Crippen LogP contribution in [0.4, 0.5) is 0 Å². The van der Waals surface area contributed by atoms with Crippen LogP contribution < -0.4 is 0 Å². The number of nitro groups is 1. The van der Waals surface area contributed by atoms with E-state index in [0.29, 0.717) is 0 Å². The highest BCUT2D eigenvalue weighted by molar-refractivity contribution is 5.86. The number of carbonyl (C=O) groups excluding carboxylic acids is 1. The first-order chi connectivity index (χ1) is 7.06. The zero-order valence-corrected chi connectivity index (χ0v) is 8.28. The van der Waals surface area contributed by atoms with Crippen molar-refractivity contribution >= 4 is 5.97 Å². The molecular weight excluding hydrogens is 204 g/mol. The van der Waals surface area contributed by atoms with Gasteiger partial charge in [-0.05, 0) is 0 Å². The lowest BCUT2D eigenvalue weighted by Gasteiger charge is -2.05. The molecule has 1 aromatic rings. The van der Waals surface area contributed by atoms with Crippen molar-refractivity contribution in [2.45, 2.75) is 19.5 Å². The molecule has 0 aliphatic carbocycles. The van der Waals surface area contributed by atoms with Gasteiger partial charge in [-0.25, -0.2) is 9.48 Å². The van der Waals surface area contributed by atoms with E-state index in [1.165, 1.54) is 20.2 Å². The zero-order valence-electron chi connectivity index (χ0n) is 8.28. The van der Waals surface area contributed by atoms with E-state index in [4.69, 9.17) is 0 Å². The Kier molecular flexibility index (Phi) is 3.32. The Morgan fingerprint density at radius 3 is 3.00 bits per heavy atom. The second kappa shape index (κ2) is 4.49. The topological polar surface area (TPSA) is 100 Å². The van der Waals surface area contributed by atoms with Crippen LogP contribution in [0.3, 0.4) is 0 Å². The fraction of sp³-hybridized carbons (Fsp3) is 0.571. The highest BCUT2D eigenvalue weighted by Gasteiger charge is 2.20. The van der Waals surface area contributed by atoms with E-state index in [1.807, 2.05) is 0 Å². The van der Waals surface area contributed by atoms with Crippen LogP contribution in [0.15, 0.2) is 6.20 Å². The normalized spacial score (nSPS) is 12.1. The van der Waals surface area contributed by atoms with Gasteiger partial charge in [0.25, 0.3) is 0 Å². The number of rotatable bonds is 4. The van der Waals surface area contributed by atoms with Gasteiger partial charge in [0.1, 0.15) is 6.54 Å². The predicted octanol–water partition coefficient (Wildman–Crippen LogP) is -0.270. The van der Waals surface area contributed by atoms with Crippen LogP contribution in [0.2, 0.25) is 0 Å². The van der Waals surface area contributed by atoms with Crippen LogP contribution in [-0.4, -0.2) is 39.0 Å². The first-order valence-electron chi connectivity index (χ1n) is 4.16. The SMILES string of the molecule is COC(=O)c1cnnn1CC(C)[N+](=O)[O-]. The molecule has 1 atom stereocenters. The van der Waals surface area contributed by atoms with E-state index in [2.05, 4.69) is 15.0 Å². The second-order valence-corrected chi connectivity index (χ2v) is 2.93. The van der Waals surface area contributed by atoms with Crippen molar-refractivity contribution in [3.63, 3.8) is 0 Å². The number of methoxy groups -OCH3 is 1. The fourth-order valence-corrected chi connectivity index (χ4v) is 0.972. The van der Waals surface area contributed by atoms with Crippen molar-refractivity contribution in [3.05, 3.63) is 22.0 Å². The molecule has 0 fully saturated rings. The summed E-state index contributed by atoms with van der Waals surface area (Å²) in [4.78, 5) is 21.1. The molecule has 0 saturated carbocycles. The Bertz CT molecular complexity index is 375. The minimum absolute atomic E-state index is 0.0164. The average Bonchev–Trinajstić information content (AvgIpc) is 2.64. The third-order valence-corrected chi connectivity index (χ3v) is 1.81. The van der Waals surface area contributed by atoms with Crippen molar-refractivity contribution in [1.29, 1.82) is 0 Å². The molecular formula is C7H10N4O4. The van der Waals surface area contributed by atoms with E-state index in [1.54, 1.807) is 0 Å². The van der Waals surface area contributed by atoms with Gasteiger partial charge >= 0.3 is 5.97 Å². The number of nitrogens with zero attached hydrogens (tertiary/aromatic N) is 4. The lowest BCUT2D eigenvalue weighted by molar-refractivity contribution is -0.520. The first kappa shape index (κ1) is 11.1. The maximum atomic E-state index is 11.2. The van der Waals surface area contributed by atoms with Crippen LogP contribution in [0.5, 0.6) is 0 Å². The van der Waals surface area contributed by atoms with Crippen LogP contribution in [0, 0.1) is 10.1 Å². The van der Waals surface area contributed by atoms with Crippen molar-refractivity contribution in [1.82, 2.24) is 15.0 Å². The fourth-order valence-electron chi connectivity index (χ4n) is 0.972. The summed E-state index contributed by atoms with van der Waals surface area (Å²) < 4.78 is 5.62. The average molecular weight is 214 g/mol. The molecule has 82 valence electrons. The van der Waals surface area contributed by atoms with Crippen LogP contribution >= 0.6 is 0 Å². The van der Waals surface area contributed by atoms with Crippen molar-refractivity contribution in [3.8, 4) is 0 Å². The zero-order chi connectivity index (χ0) is 11.4. The summed E-state index contributed by atoms with van der Waals surface area (Å²) in [6, 6.07) is -0.838. The largest absolute Gasteiger partial charge is 0.464 e. The number of hydrogen-bond acceptors (Lipinski definition) is 6. The minimum atomic E-state index is -0.838. The minimum Gasteiger partial charge on any atom is -0.464 e. The maximum Gasteiger partial charge on any atom is 0.358 e. The van der Waals surface area contributed by atoms with E-state index < -0.39 is 16.9 Å². The third kappa shape index (κ3) is 2.48. The molecule has 0 radical (unpaired) electrons. The van der Waals surface area contributed by atoms with Crippen molar-refractivity contribution in [2.24, 2.45) is 0 Å². The van der Waals surface area contributed by atoms with Crippen LogP contribution in [0.1, 0.15) is 17.4 Å². The molecule has 0 amide bonds. The Hall–Kier alpha value is -1.99. The van der Waals surface area contributed by atoms with E-state index >= 15 is 0 Å². The maximum absolute atomic E-state index is 11.2. The summed E-state index contributed by atoms with van der Waals surface area (Å²) >= 11 is 0. The Labute approximate surface area is 85.0 Å². The number of ether oxygens (including phenoxy) is 1. The van der Waals surface area contributed by atoms with E-state index in [0.717, 1.165) is 4.68 Å². The summed E-state index contributed by atoms with van der Waals surface area (Å²) in [5.74, 6) is -0.615. The summed E-state index contributed by atoms with van der Waals surface area (Å²) in [6.45, 7) is 1.40. The standard InChI is InChI=1S/C7H10N4O4/c1-5(11(13)14)4-10-6(3-8-9-10)7(12)15-2/h3,5H,4H2,1-2H3. The van der Waals surface area contributed by atoms with Crippen molar-refractivity contribution in [2.75, 3.05) is 7.11 Å². The van der Waals surface area contributed by atoms with Gasteiger partial charge < -0.3 is 4.74 Å². The van der Waals surface area contributed by atoms with Gasteiger partial charge in [0, 0.05) is 11.8 Å². The molecule has 15 heavy (non-hydrogen) atoms. The molecule has 0 N–H and O–H groups in total. The highest BCUT2D eigenvalue weighted by Crippen LogP contribution is 2.01. The van der Waals surface area contributed by atoms with Crippen LogP contribution in [-0.2, 0) is 11.3 Å². The molecule has 0 aliphatic heterocycles. The molecule has 8 heteroatoms. The van der Waals surface area contributed by atoms with Gasteiger partial charge in [0.15, 0.2) is 5.69 Å². The molecule has 0 aliphatic rings. The smallest absolute Gasteiger partial charge is 0.358 e. The van der Waals surface area contributed by atoms with Gasteiger partial charge in [-0.3, -0.25) is 10.1 Å². The Balaban J connectivity index is 2.82. The van der Waals surface area contributed by atoms with Crippen LogP contribution in [0.25, 0.3) is 0 Å². The molecule has 0 spiro atoms. The summed E-state index contributed by atoms with van der Waals surface area (Å²) in [7, 11) is 1.22. The van der Waals surface area contributed by atoms with E-state index in [9.17, 15) is 14.9 Å². The van der Waals surface area contributed by atoms with Gasteiger partial charge in [-0.2, -0.15) is 0 Å². The lowest BCUT2D eigenvalue weighted by Crippen LogP contribution is -2.25. The molecule has 0 aromatic carbocycles. The van der Waals surface area contributed by atoms with E-state index in [-0.39, 0.29) is 12.2 Å². The molecule has 8 nitrogen and oxygen atoms in total. The van der Waals surface area contributed by atoms with Crippen molar-refractivity contribution < 1.29 is 14.5 Å². The molecule has 0 saturated heterocycles. The quantitative estimate of drug-likeness (QED) is 0.388. The molecule has 1 heterocycles. The van der Waals surface area contributed by atoms with Gasteiger partial charge in [0.2, 0.25) is 6.04 Å². The lowest BCUT2D eigenvalue weighted by atomic mass is 10.3. The number of carbonyl (C=O) groups is 1. The summed E-state index contributed by atoms with van der Waals surface area (Å²) in [5, 5.41) is 17.5. The monoisotopic (exact) mass is 214 g/mol. The predicted molar refractivity (Wildman–Crippen MR) is 47.8 cm³/mol. The molecule has 1 rings (SSSR count). The Morgan fingerprint density at radius 1 is 1.80 bits per heavy atom. The number of aromatic nitrogens is 3. The summed E-state index contributed by atoms with van der Waals surface area (Å²) in [5.41, 5.74) is 0.103. The number of esters is 1. The van der Waals surface area contributed by atoms with Gasteiger partial charge in [-0.15, -0.1) is 5.10 Å². The summed E-state index contributed by atoms with van der Waals surface area (Å²) in [6.07, 6.45) is 1.21. The second-order valence-electron chi connectivity index (χ2n) is 2.93. The number of hydrogen-bond donors (Lipinski definition) is 0. The highest BCUT2D eigenvalue weighted by atomic mass is 16.6. The third-order valence-electron chi connectivity index (χ3n) is 1.81. The molecule has 1 unspecified atom stereocenters.